The van der Waals surface area contributed by atoms with Gasteiger partial charge in [0.15, 0.2) is 0 Å². The molecule has 2 fully saturated rings. The van der Waals surface area contributed by atoms with Crippen molar-refractivity contribution in [2.45, 2.75) is 81.7 Å². The summed E-state index contributed by atoms with van der Waals surface area (Å²) in [6.45, 7) is 2.26. The topological polar surface area (TPSA) is 66.8 Å². The number of amides is 1. The highest BCUT2D eigenvalue weighted by molar-refractivity contribution is 14.1. The van der Waals surface area contributed by atoms with Crippen molar-refractivity contribution < 1.29 is 19.4 Å². The average molecular weight is 507 g/mol. The molecule has 5 nitrogen and oxygen atoms in total. The van der Waals surface area contributed by atoms with Gasteiger partial charge in [-0.25, -0.2) is 0 Å². The van der Waals surface area contributed by atoms with Crippen LogP contribution in [0.2, 0.25) is 0 Å². The van der Waals surface area contributed by atoms with E-state index in [1.54, 1.807) is 0 Å². The molecule has 1 aliphatic heterocycles. The van der Waals surface area contributed by atoms with Crippen molar-refractivity contribution in [3.63, 3.8) is 0 Å². The van der Waals surface area contributed by atoms with E-state index < -0.39 is 0 Å². The standard InChI is InChI=1S/C20H30INO4S/c1-12-3-5-13(6-4-12)19(24)22(14-7-9-15(23)10-8-14)16-11-17(21)27-18(16)20(25)26-2/h11-16,18,23H,3-10H2,1-2H3. The van der Waals surface area contributed by atoms with Crippen molar-refractivity contribution in [1.29, 1.82) is 0 Å². The number of thioether (sulfide) groups is 1. The fourth-order valence-electron chi connectivity index (χ4n) is 4.61. The summed E-state index contributed by atoms with van der Waals surface area (Å²) in [5, 5.41) is 9.53. The summed E-state index contributed by atoms with van der Waals surface area (Å²) >= 11 is 3.73. The highest BCUT2D eigenvalue weighted by atomic mass is 127. The Bertz CT molecular complexity index is 583. The molecule has 1 N–H and O–H groups in total. The third kappa shape index (κ3) is 5.01. The molecule has 0 aromatic carbocycles. The Morgan fingerprint density at radius 3 is 2.37 bits per heavy atom. The summed E-state index contributed by atoms with van der Waals surface area (Å²) in [5.41, 5.74) is 0. The van der Waals surface area contributed by atoms with Crippen molar-refractivity contribution >= 4 is 46.2 Å². The molecule has 1 amide bonds. The summed E-state index contributed by atoms with van der Waals surface area (Å²) in [4.78, 5) is 28.0. The number of halogens is 1. The van der Waals surface area contributed by atoms with Crippen LogP contribution in [0.3, 0.4) is 0 Å². The molecule has 0 radical (unpaired) electrons. The quantitative estimate of drug-likeness (QED) is 0.462. The molecule has 2 aliphatic carbocycles. The Morgan fingerprint density at radius 1 is 1.15 bits per heavy atom. The maximum absolute atomic E-state index is 13.6. The third-order valence-electron chi connectivity index (χ3n) is 6.29. The highest BCUT2D eigenvalue weighted by Gasteiger charge is 2.45. The van der Waals surface area contributed by atoms with Crippen LogP contribution in [0.4, 0.5) is 0 Å². The number of carbonyl (C=O) groups is 2. The first-order valence-electron chi connectivity index (χ1n) is 10.0. The van der Waals surface area contributed by atoms with Crippen LogP contribution >= 0.6 is 34.4 Å². The zero-order valence-electron chi connectivity index (χ0n) is 16.1. The summed E-state index contributed by atoms with van der Waals surface area (Å²) < 4.78 is 6.07. The molecule has 1 heterocycles. The van der Waals surface area contributed by atoms with Crippen molar-refractivity contribution in [2.75, 3.05) is 7.11 Å². The number of carbonyl (C=O) groups excluding carboxylic acids is 2. The largest absolute Gasteiger partial charge is 0.468 e. The Hall–Kier alpha value is -0.280. The summed E-state index contributed by atoms with van der Waals surface area (Å²) in [7, 11) is 1.41. The van der Waals surface area contributed by atoms with Gasteiger partial charge in [0.05, 0.1) is 19.3 Å². The predicted octanol–water partition coefficient (Wildman–Crippen LogP) is 3.88. The minimum Gasteiger partial charge on any atom is -0.468 e. The summed E-state index contributed by atoms with van der Waals surface area (Å²) in [5.74, 6) is 0.685. The SMILES string of the molecule is COC(=O)C1SC(I)=CC1N(C(=O)C1CCC(C)CC1)C1CCC(O)CC1. The molecule has 3 rings (SSSR count). The number of nitrogens with zero attached hydrogens (tertiary/aromatic N) is 1. The number of aliphatic hydroxyl groups is 1. The molecule has 3 aliphatic rings. The lowest BCUT2D eigenvalue weighted by Gasteiger charge is -2.42. The van der Waals surface area contributed by atoms with Crippen molar-refractivity contribution in [3.05, 3.63) is 8.99 Å². The summed E-state index contributed by atoms with van der Waals surface area (Å²) in [6, 6.07) is -0.155. The second-order valence-electron chi connectivity index (χ2n) is 8.19. The first kappa shape index (κ1) is 21.4. The number of hydrogen-bond donors (Lipinski definition) is 1. The molecular weight excluding hydrogens is 477 g/mol. The lowest BCUT2D eigenvalue weighted by Crippen LogP contribution is -2.54. The van der Waals surface area contributed by atoms with Gasteiger partial charge in [-0.1, -0.05) is 6.92 Å². The van der Waals surface area contributed by atoms with Gasteiger partial charge >= 0.3 is 5.97 Å². The Balaban J connectivity index is 1.85. The van der Waals surface area contributed by atoms with E-state index in [1.807, 2.05) is 4.90 Å². The van der Waals surface area contributed by atoms with E-state index in [9.17, 15) is 14.7 Å². The van der Waals surface area contributed by atoms with E-state index in [0.29, 0.717) is 5.92 Å². The first-order chi connectivity index (χ1) is 12.9. The molecule has 2 saturated carbocycles. The maximum atomic E-state index is 13.6. The molecule has 2 unspecified atom stereocenters. The van der Waals surface area contributed by atoms with E-state index in [-0.39, 0.29) is 41.2 Å². The van der Waals surface area contributed by atoms with Crippen LogP contribution in [0, 0.1) is 11.8 Å². The fraction of sp³-hybridized carbons (Fsp3) is 0.800. The molecular formula is C20H30INO4S. The lowest BCUT2D eigenvalue weighted by atomic mass is 9.81. The number of rotatable bonds is 4. The van der Waals surface area contributed by atoms with Gasteiger partial charge in [0.1, 0.15) is 5.25 Å². The number of aliphatic hydroxyl groups excluding tert-OH is 1. The number of hydrogen-bond acceptors (Lipinski definition) is 5. The fourth-order valence-corrected chi connectivity index (χ4v) is 6.80. The Morgan fingerprint density at radius 2 is 1.78 bits per heavy atom. The van der Waals surface area contributed by atoms with E-state index in [4.69, 9.17) is 4.74 Å². The van der Waals surface area contributed by atoms with Gasteiger partial charge in [-0.3, -0.25) is 9.59 Å². The molecule has 0 aromatic rings. The van der Waals surface area contributed by atoms with Gasteiger partial charge in [0.25, 0.3) is 0 Å². The lowest BCUT2D eigenvalue weighted by molar-refractivity contribution is -0.146. The van der Waals surface area contributed by atoms with Gasteiger partial charge < -0.3 is 14.7 Å². The minimum atomic E-state index is -0.389. The van der Waals surface area contributed by atoms with Gasteiger partial charge in [-0.15, -0.1) is 11.8 Å². The summed E-state index contributed by atoms with van der Waals surface area (Å²) in [6.07, 6.45) is 8.91. The van der Waals surface area contributed by atoms with Gasteiger partial charge in [-0.05, 0) is 86.0 Å². The zero-order chi connectivity index (χ0) is 19.6. The predicted molar refractivity (Wildman–Crippen MR) is 116 cm³/mol. The van der Waals surface area contributed by atoms with E-state index in [2.05, 4.69) is 35.6 Å². The van der Waals surface area contributed by atoms with Crippen molar-refractivity contribution in [1.82, 2.24) is 4.90 Å². The second kappa shape index (κ2) is 9.48. The van der Waals surface area contributed by atoms with Crippen LogP contribution in [0.15, 0.2) is 8.99 Å². The van der Waals surface area contributed by atoms with Crippen LogP contribution in [-0.2, 0) is 14.3 Å². The van der Waals surface area contributed by atoms with Crippen LogP contribution in [-0.4, -0.2) is 52.4 Å². The third-order valence-corrected chi connectivity index (χ3v) is 8.49. The van der Waals surface area contributed by atoms with Crippen molar-refractivity contribution in [2.24, 2.45) is 11.8 Å². The zero-order valence-corrected chi connectivity index (χ0v) is 19.1. The average Bonchev–Trinajstić information content (AvgIpc) is 3.04. The maximum Gasteiger partial charge on any atom is 0.321 e. The minimum absolute atomic E-state index is 0.0583. The van der Waals surface area contributed by atoms with Gasteiger partial charge in [-0.2, -0.15) is 0 Å². The molecule has 7 heteroatoms. The second-order valence-corrected chi connectivity index (χ2v) is 11.3. The molecule has 0 spiro atoms. The van der Waals surface area contributed by atoms with Crippen LogP contribution in [0.25, 0.3) is 0 Å². The molecule has 0 bridgehead atoms. The van der Waals surface area contributed by atoms with Crippen LogP contribution in [0.5, 0.6) is 0 Å². The van der Waals surface area contributed by atoms with Crippen LogP contribution in [0.1, 0.15) is 58.3 Å². The Labute approximate surface area is 179 Å². The molecule has 27 heavy (non-hydrogen) atoms. The highest BCUT2D eigenvalue weighted by Crippen LogP contribution is 2.43. The first-order valence-corrected chi connectivity index (χ1v) is 12.0. The number of esters is 1. The smallest absolute Gasteiger partial charge is 0.321 e. The molecule has 152 valence electrons. The van der Waals surface area contributed by atoms with E-state index in [0.717, 1.165) is 54.3 Å². The number of ether oxygens (including phenoxy) is 1. The normalized spacial score (nSPS) is 36.8. The van der Waals surface area contributed by atoms with E-state index in [1.165, 1.54) is 18.9 Å². The molecule has 0 aromatic heterocycles. The van der Waals surface area contributed by atoms with Crippen molar-refractivity contribution in [3.8, 4) is 0 Å². The monoisotopic (exact) mass is 507 g/mol. The van der Waals surface area contributed by atoms with Crippen LogP contribution < -0.4 is 0 Å². The van der Waals surface area contributed by atoms with Gasteiger partial charge in [0.2, 0.25) is 5.91 Å². The Kier molecular flexibility index (Phi) is 7.52. The van der Waals surface area contributed by atoms with E-state index >= 15 is 0 Å². The van der Waals surface area contributed by atoms with Gasteiger partial charge in [0, 0.05) is 14.9 Å². The number of methoxy groups -OCH3 is 1. The molecule has 0 saturated heterocycles. The molecule has 2 atom stereocenters.